The maximum Gasteiger partial charge on any atom is 0.248 e. The molecule has 0 aliphatic carbocycles. The average molecular weight is 263 g/mol. The predicted octanol–water partition coefficient (Wildman–Crippen LogP) is 0.737. The maximum absolute atomic E-state index is 11.7. The molecule has 0 spiro atoms. The second-order valence-corrected chi connectivity index (χ2v) is 5.15. The molecule has 0 aromatic heterocycles. The first-order valence-corrected chi connectivity index (χ1v) is 6.33. The van der Waals surface area contributed by atoms with Crippen molar-refractivity contribution in [1.29, 1.82) is 0 Å². The molecule has 0 aliphatic heterocycles. The van der Waals surface area contributed by atoms with Crippen molar-refractivity contribution in [3.8, 4) is 0 Å². The van der Waals surface area contributed by atoms with Crippen LogP contribution in [0.4, 0.5) is 0 Å². The van der Waals surface area contributed by atoms with Crippen LogP contribution in [0.5, 0.6) is 0 Å². The summed E-state index contributed by atoms with van der Waals surface area (Å²) in [6.45, 7) is 1.88. The van der Waals surface area contributed by atoms with Gasteiger partial charge in [-0.2, -0.15) is 0 Å². The molecule has 0 unspecified atom stereocenters. The van der Waals surface area contributed by atoms with Crippen molar-refractivity contribution in [3.05, 3.63) is 28.8 Å². The zero-order valence-electron chi connectivity index (χ0n) is 8.53. The molecule has 0 saturated heterocycles. The van der Waals surface area contributed by atoms with Crippen molar-refractivity contribution >= 4 is 27.5 Å². The Kier molecular flexibility index (Phi) is 3.90. The first-order valence-electron chi connectivity index (χ1n) is 4.47. The highest BCUT2D eigenvalue weighted by atomic mass is 35.5. The zero-order chi connectivity index (χ0) is 12.3. The molecule has 0 fully saturated rings. The Bertz CT molecular complexity index is 513. The van der Waals surface area contributed by atoms with Crippen LogP contribution in [0.3, 0.4) is 0 Å². The highest BCUT2D eigenvalue weighted by Gasteiger charge is 2.18. The van der Waals surface area contributed by atoms with Crippen molar-refractivity contribution in [3.63, 3.8) is 0 Å². The Hall–Kier alpha value is -1.11. The molecule has 3 N–H and O–H groups in total. The SMILES string of the molecule is CCNS(=O)(=O)c1cc(C(N)=O)ccc1Cl. The number of rotatable bonds is 4. The number of benzene rings is 1. The lowest BCUT2D eigenvalue weighted by molar-refractivity contribution is 0.1000. The molecular formula is C9H11ClN2O3S. The van der Waals surface area contributed by atoms with Gasteiger partial charge in [0, 0.05) is 12.1 Å². The van der Waals surface area contributed by atoms with E-state index in [0.29, 0.717) is 0 Å². The van der Waals surface area contributed by atoms with Crippen molar-refractivity contribution in [2.24, 2.45) is 5.73 Å². The van der Waals surface area contributed by atoms with Crippen molar-refractivity contribution < 1.29 is 13.2 Å². The fourth-order valence-corrected chi connectivity index (χ4v) is 2.70. The monoisotopic (exact) mass is 262 g/mol. The summed E-state index contributed by atoms with van der Waals surface area (Å²) in [6.07, 6.45) is 0. The largest absolute Gasteiger partial charge is 0.366 e. The number of sulfonamides is 1. The van der Waals surface area contributed by atoms with Gasteiger partial charge in [-0.25, -0.2) is 13.1 Å². The van der Waals surface area contributed by atoms with Gasteiger partial charge in [-0.15, -0.1) is 0 Å². The standard InChI is InChI=1S/C9H11ClN2O3S/c1-2-12-16(14,15)8-5-6(9(11)13)3-4-7(8)10/h3-5,12H,2H2,1H3,(H2,11,13). The van der Waals surface area contributed by atoms with Crippen LogP contribution in [0, 0.1) is 0 Å². The number of nitrogens with two attached hydrogens (primary N) is 1. The number of halogens is 1. The smallest absolute Gasteiger partial charge is 0.248 e. The number of hydrogen-bond donors (Lipinski definition) is 2. The second kappa shape index (κ2) is 4.82. The minimum atomic E-state index is -3.69. The van der Waals surface area contributed by atoms with E-state index in [4.69, 9.17) is 17.3 Å². The van der Waals surface area contributed by atoms with Gasteiger partial charge in [0.25, 0.3) is 0 Å². The number of nitrogens with one attached hydrogen (secondary N) is 1. The van der Waals surface area contributed by atoms with Crippen LogP contribution >= 0.6 is 11.6 Å². The van der Waals surface area contributed by atoms with Crippen LogP contribution in [-0.4, -0.2) is 20.9 Å². The molecule has 0 radical (unpaired) electrons. The van der Waals surface area contributed by atoms with E-state index in [1.807, 2.05) is 0 Å². The van der Waals surface area contributed by atoms with Crippen LogP contribution in [0.25, 0.3) is 0 Å². The Morgan fingerprint density at radius 3 is 2.62 bits per heavy atom. The topological polar surface area (TPSA) is 89.3 Å². The molecular weight excluding hydrogens is 252 g/mol. The maximum atomic E-state index is 11.7. The first kappa shape index (κ1) is 13.0. The fourth-order valence-electron chi connectivity index (χ4n) is 1.13. The van der Waals surface area contributed by atoms with Gasteiger partial charge in [-0.05, 0) is 18.2 Å². The van der Waals surface area contributed by atoms with E-state index >= 15 is 0 Å². The minimum Gasteiger partial charge on any atom is -0.366 e. The second-order valence-electron chi connectivity index (χ2n) is 3.01. The molecule has 16 heavy (non-hydrogen) atoms. The summed E-state index contributed by atoms with van der Waals surface area (Å²) in [5, 5.41) is 0.0472. The van der Waals surface area contributed by atoms with Crippen LogP contribution in [-0.2, 0) is 10.0 Å². The summed E-state index contributed by atoms with van der Waals surface area (Å²) in [6, 6.07) is 3.85. The van der Waals surface area contributed by atoms with Gasteiger partial charge in [0.15, 0.2) is 0 Å². The molecule has 1 rings (SSSR count). The number of hydrogen-bond acceptors (Lipinski definition) is 3. The summed E-state index contributed by atoms with van der Waals surface area (Å²) in [7, 11) is -3.69. The Morgan fingerprint density at radius 2 is 2.12 bits per heavy atom. The van der Waals surface area contributed by atoms with Gasteiger partial charge in [-0.3, -0.25) is 4.79 Å². The number of primary amides is 1. The van der Waals surface area contributed by atoms with Crippen LogP contribution < -0.4 is 10.5 Å². The molecule has 1 amide bonds. The summed E-state index contributed by atoms with van der Waals surface area (Å²) < 4.78 is 25.6. The summed E-state index contributed by atoms with van der Waals surface area (Å²) >= 11 is 5.75. The van der Waals surface area contributed by atoms with Gasteiger partial charge in [0.2, 0.25) is 15.9 Å². The molecule has 1 aromatic carbocycles. The molecule has 1 aromatic rings. The molecule has 0 saturated carbocycles. The van der Waals surface area contributed by atoms with E-state index in [1.54, 1.807) is 6.92 Å². The summed E-state index contributed by atoms with van der Waals surface area (Å²) in [5.74, 6) is -0.704. The van der Waals surface area contributed by atoms with E-state index in [2.05, 4.69) is 4.72 Å². The van der Waals surface area contributed by atoms with Crippen molar-refractivity contribution in [2.75, 3.05) is 6.54 Å². The summed E-state index contributed by atoms with van der Waals surface area (Å²) in [4.78, 5) is 10.8. The Morgan fingerprint density at radius 1 is 1.50 bits per heavy atom. The van der Waals surface area contributed by atoms with Crippen LogP contribution in [0.1, 0.15) is 17.3 Å². The third kappa shape index (κ3) is 2.72. The third-order valence-corrected chi connectivity index (χ3v) is 3.87. The molecule has 7 heteroatoms. The van der Waals surface area contributed by atoms with E-state index < -0.39 is 15.9 Å². The van der Waals surface area contributed by atoms with Gasteiger partial charge in [0.05, 0.1) is 5.02 Å². The Labute approximate surface area is 98.6 Å². The molecule has 88 valence electrons. The predicted molar refractivity (Wildman–Crippen MR) is 60.8 cm³/mol. The van der Waals surface area contributed by atoms with Crippen molar-refractivity contribution in [2.45, 2.75) is 11.8 Å². The number of amides is 1. The first-order chi connectivity index (χ1) is 7.38. The highest BCUT2D eigenvalue weighted by Crippen LogP contribution is 2.22. The van der Waals surface area contributed by atoms with Gasteiger partial charge in [0.1, 0.15) is 4.90 Å². The number of carbonyl (C=O) groups excluding carboxylic acids is 1. The Balaban J connectivity index is 3.33. The average Bonchev–Trinajstić information content (AvgIpc) is 2.17. The molecule has 0 bridgehead atoms. The summed E-state index contributed by atoms with van der Waals surface area (Å²) in [5.41, 5.74) is 5.15. The quantitative estimate of drug-likeness (QED) is 0.839. The minimum absolute atomic E-state index is 0.0472. The lowest BCUT2D eigenvalue weighted by atomic mass is 10.2. The van der Waals surface area contributed by atoms with Gasteiger partial charge < -0.3 is 5.73 Å². The van der Waals surface area contributed by atoms with E-state index in [0.717, 1.165) is 6.07 Å². The van der Waals surface area contributed by atoms with Gasteiger partial charge >= 0.3 is 0 Å². The van der Waals surface area contributed by atoms with E-state index in [9.17, 15) is 13.2 Å². The normalized spacial score (nSPS) is 11.4. The lowest BCUT2D eigenvalue weighted by Crippen LogP contribution is -2.24. The highest BCUT2D eigenvalue weighted by molar-refractivity contribution is 7.89. The van der Waals surface area contributed by atoms with Crippen LogP contribution in [0.2, 0.25) is 5.02 Å². The lowest BCUT2D eigenvalue weighted by Gasteiger charge is -2.07. The van der Waals surface area contributed by atoms with E-state index in [1.165, 1.54) is 12.1 Å². The molecule has 0 atom stereocenters. The van der Waals surface area contributed by atoms with Gasteiger partial charge in [-0.1, -0.05) is 18.5 Å². The number of carbonyl (C=O) groups is 1. The molecule has 5 nitrogen and oxygen atoms in total. The molecule has 0 aliphatic rings. The molecule has 0 heterocycles. The van der Waals surface area contributed by atoms with Crippen molar-refractivity contribution in [1.82, 2.24) is 4.72 Å². The third-order valence-electron chi connectivity index (χ3n) is 1.84. The zero-order valence-corrected chi connectivity index (χ0v) is 10.1. The van der Waals surface area contributed by atoms with Crippen LogP contribution in [0.15, 0.2) is 23.1 Å². The fraction of sp³-hybridized carbons (Fsp3) is 0.222. The van der Waals surface area contributed by atoms with E-state index in [-0.39, 0.29) is 22.0 Å².